The maximum absolute atomic E-state index is 12.2. The number of nitrogens with two attached hydrogens (primary N) is 1. The molecule has 0 saturated heterocycles. The molecule has 1 aliphatic carbocycles. The lowest BCUT2D eigenvalue weighted by molar-refractivity contribution is 0.530. The average Bonchev–Trinajstić information content (AvgIpc) is 3.11. The van der Waals surface area contributed by atoms with Crippen molar-refractivity contribution in [1.29, 1.82) is 0 Å². The maximum atomic E-state index is 12.2. The van der Waals surface area contributed by atoms with Gasteiger partial charge in [-0.15, -0.1) is 0 Å². The minimum Gasteiger partial charge on any atom is -0.225 e. The Hall–Kier alpha value is -0.960. The second-order valence-corrected chi connectivity index (χ2v) is 8.50. The summed E-state index contributed by atoms with van der Waals surface area (Å²) in [6.45, 7) is 1.80. The zero-order valence-electron chi connectivity index (χ0n) is 11.1. The molecule has 112 valence electrons. The molecule has 6 nitrogen and oxygen atoms in total. The van der Waals surface area contributed by atoms with Crippen molar-refractivity contribution in [2.75, 3.05) is 0 Å². The van der Waals surface area contributed by atoms with Crippen LogP contribution in [0.5, 0.6) is 0 Å². The third-order valence-corrected chi connectivity index (χ3v) is 5.68. The Morgan fingerprint density at radius 1 is 1.25 bits per heavy atom. The predicted molar refractivity (Wildman–Crippen MR) is 74.9 cm³/mol. The van der Waals surface area contributed by atoms with Gasteiger partial charge in [-0.1, -0.05) is 18.9 Å². The molecule has 1 aromatic carbocycles. The van der Waals surface area contributed by atoms with Crippen molar-refractivity contribution < 1.29 is 16.8 Å². The summed E-state index contributed by atoms with van der Waals surface area (Å²) < 4.78 is 49.4. The van der Waals surface area contributed by atoms with Gasteiger partial charge in [-0.2, -0.15) is 0 Å². The Morgan fingerprint density at radius 2 is 1.85 bits per heavy atom. The van der Waals surface area contributed by atoms with Crippen LogP contribution in [-0.2, 0) is 20.0 Å². The second-order valence-electron chi connectivity index (χ2n) is 5.22. The van der Waals surface area contributed by atoms with E-state index in [0.29, 0.717) is 5.92 Å². The third-order valence-electron chi connectivity index (χ3n) is 3.18. The zero-order valence-corrected chi connectivity index (χ0v) is 12.7. The number of nitrogens with one attached hydrogen (secondary N) is 1. The van der Waals surface area contributed by atoms with Crippen molar-refractivity contribution in [2.24, 2.45) is 11.1 Å². The largest absolute Gasteiger partial charge is 0.240 e. The van der Waals surface area contributed by atoms with E-state index in [0.717, 1.165) is 25.3 Å². The molecule has 1 fully saturated rings. The fraction of sp³-hybridized carbons (Fsp3) is 0.500. The van der Waals surface area contributed by atoms with Crippen molar-refractivity contribution in [2.45, 2.75) is 42.0 Å². The molecule has 3 N–H and O–H groups in total. The van der Waals surface area contributed by atoms with Gasteiger partial charge in [-0.25, -0.2) is 26.7 Å². The Kier molecular flexibility index (Phi) is 4.19. The van der Waals surface area contributed by atoms with Crippen LogP contribution < -0.4 is 9.86 Å². The molecule has 1 aromatic rings. The number of sulfonamides is 2. The van der Waals surface area contributed by atoms with Crippen LogP contribution in [0.15, 0.2) is 34.1 Å². The van der Waals surface area contributed by atoms with Gasteiger partial charge in [0, 0.05) is 6.04 Å². The molecule has 1 unspecified atom stereocenters. The summed E-state index contributed by atoms with van der Waals surface area (Å²) in [4.78, 5) is -0.304. The summed E-state index contributed by atoms with van der Waals surface area (Å²) in [6, 6.07) is 4.87. The van der Waals surface area contributed by atoms with Gasteiger partial charge >= 0.3 is 0 Å². The fourth-order valence-electron chi connectivity index (χ4n) is 2.05. The van der Waals surface area contributed by atoms with Crippen molar-refractivity contribution in [3.63, 3.8) is 0 Å². The van der Waals surface area contributed by atoms with Crippen LogP contribution in [0.2, 0.25) is 0 Å². The first kappa shape index (κ1) is 15.4. The first-order valence-electron chi connectivity index (χ1n) is 6.34. The molecule has 0 spiro atoms. The lowest BCUT2D eigenvalue weighted by Crippen LogP contribution is -2.33. The van der Waals surface area contributed by atoms with E-state index in [4.69, 9.17) is 5.14 Å². The molecule has 0 heterocycles. The Morgan fingerprint density at radius 3 is 2.40 bits per heavy atom. The number of benzene rings is 1. The predicted octanol–water partition coefficient (Wildman–Crippen LogP) is 0.801. The van der Waals surface area contributed by atoms with Gasteiger partial charge in [-0.05, 0) is 37.5 Å². The molecule has 1 saturated carbocycles. The van der Waals surface area contributed by atoms with Crippen molar-refractivity contribution >= 4 is 20.0 Å². The molecule has 20 heavy (non-hydrogen) atoms. The number of hydrogen-bond acceptors (Lipinski definition) is 4. The molecule has 2 rings (SSSR count). The third kappa shape index (κ3) is 4.02. The van der Waals surface area contributed by atoms with Crippen LogP contribution in [0.4, 0.5) is 0 Å². The first-order valence-corrected chi connectivity index (χ1v) is 9.36. The Balaban J connectivity index is 2.20. The van der Waals surface area contributed by atoms with Gasteiger partial charge in [0.1, 0.15) is 0 Å². The molecule has 0 aliphatic heterocycles. The van der Waals surface area contributed by atoms with Crippen LogP contribution >= 0.6 is 0 Å². The van der Waals surface area contributed by atoms with E-state index < -0.39 is 20.0 Å². The first-order chi connectivity index (χ1) is 9.18. The topological polar surface area (TPSA) is 106 Å². The van der Waals surface area contributed by atoms with Crippen LogP contribution in [0.25, 0.3) is 0 Å². The standard InChI is InChI=1S/C12H18N2O4S2/c1-9(7-10-5-6-10)14-20(17,18)12-4-2-3-11(8-12)19(13,15)16/h2-4,8-10,14H,5-7H2,1H3,(H2,13,15,16). The van der Waals surface area contributed by atoms with Crippen molar-refractivity contribution in [1.82, 2.24) is 4.72 Å². The smallest absolute Gasteiger partial charge is 0.225 e. The minimum atomic E-state index is -3.92. The van der Waals surface area contributed by atoms with E-state index in [-0.39, 0.29) is 15.8 Å². The molecule has 0 amide bonds. The second kappa shape index (κ2) is 5.44. The number of rotatable bonds is 6. The lowest BCUT2D eigenvalue weighted by Gasteiger charge is -2.14. The van der Waals surface area contributed by atoms with Crippen LogP contribution in [0.1, 0.15) is 26.2 Å². The van der Waals surface area contributed by atoms with E-state index in [1.807, 2.05) is 0 Å². The van der Waals surface area contributed by atoms with Crippen molar-refractivity contribution in [3.05, 3.63) is 24.3 Å². The van der Waals surface area contributed by atoms with Gasteiger partial charge in [0.15, 0.2) is 0 Å². The summed E-state index contributed by atoms with van der Waals surface area (Å²) in [7, 11) is -7.65. The quantitative estimate of drug-likeness (QED) is 0.809. The number of primary sulfonamides is 1. The summed E-state index contributed by atoms with van der Waals surface area (Å²) in [5, 5.41) is 5.00. The molecule has 1 aliphatic rings. The summed E-state index contributed by atoms with van der Waals surface area (Å²) in [5.74, 6) is 0.600. The Labute approximate surface area is 119 Å². The van der Waals surface area contributed by atoms with E-state index >= 15 is 0 Å². The highest BCUT2D eigenvalue weighted by atomic mass is 32.2. The maximum Gasteiger partial charge on any atom is 0.240 e. The summed E-state index contributed by atoms with van der Waals surface area (Å²) in [5.41, 5.74) is 0. The monoisotopic (exact) mass is 318 g/mol. The van der Waals surface area contributed by atoms with Gasteiger partial charge in [0.2, 0.25) is 20.0 Å². The highest BCUT2D eigenvalue weighted by Gasteiger charge is 2.26. The van der Waals surface area contributed by atoms with Gasteiger partial charge < -0.3 is 0 Å². The van der Waals surface area contributed by atoms with E-state index in [1.165, 1.54) is 18.2 Å². The minimum absolute atomic E-state index is 0.0910. The highest BCUT2D eigenvalue weighted by molar-refractivity contribution is 7.90. The Bertz CT molecular complexity index is 694. The van der Waals surface area contributed by atoms with Crippen LogP contribution in [0, 0.1) is 5.92 Å². The van der Waals surface area contributed by atoms with Gasteiger partial charge in [0.25, 0.3) is 0 Å². The molecule has 0 aromatic heterocycles. The van der Waals surface area contributed by atoms with Gasteiger partial charge in [0.05, 0.1) is 9.79 Å². The molecule has 0 bridgehead atoms. The van der Waals surface area contributed by atoms with Crippen molar-refractivity contribution in [3.8, 4) is 0 Å². The normalized spacial score (nSPS) is 17.9. The van der Waals surface area contributed by atoms with E-state index in [9.17, 15) is 16.8 Å². The molecular weight excluding hydrogens is 300 g/mol. The highest BCUT2D eigenvalue weighted by Crippen LogP contribution is 2.33. The molecule has 8 heteroatoms. The fourth-order valence-corrected chi connectivity index (χ4v) is 3.99. The SMILES string of the molecule is CC(CC1CC1)NS(=O)(=O)c1cccc(S(N)(=O)=O)c1. The average molecular weight is 318 g/mol. The van der Waals surface area contributed by atoms with Gasteiger partial charge in [-0.3, -0.25) is 0 Å². The van der Waals surface area contributed by atoms with Crippen LogP contribution in [0.3, 0.4) is 0 Å². The summed E-state index contributed by atoms with van der Waals surface area (Å²) in [6.07, 6.45) is 3.09. The van der Waals surface area contributed by atoms with E-state index in [1.54, 1.807) is 6.92 Å². The molecule has 0 radical (unpaired) electrons. The molecule has 1 atom stereocenters. The van der Waals surface area contributed by atoms with Crippen LogP contribution in [-0.4, -0.2) is 22.9 Å². The zero-order chi connectivity index (χ0) is 15.0. The summed E-state index contributed by atoms with van der Waals surface area (Å²) >= 11 is 0. The number of hydrogen-bond donors (Lipinski definition) is 2. The van der Waals surface area contributed by atoms with E-state index in [2.05, 4.69) is 4.72 Å². The lowest BCUT2D eigenvalue weighted by atomic mass is 10.2. The molecular formula is C12H18N2O4S2.